The molecule has 2 N–H and O–H groups in total. The monoisotopic (exact) mass is 573 g/mol. The fourth-order valence-electron chi connectivity index (χ4n) is 4.72. The van der Waals surface area contributed by atoms with Gasteiger partial charge in [-0.1, -0.05) is 60.7 Å². The van der Waals surface area contributed by atoms with Gasteiger partial charge < -0.3 is 24.8 Å². The van der Waals surface area contributed by atoms with Crippen molar-refractivity contribution in [3.8, 4) is 5.75 Å². The highest BCUT2D eigenvalue weighted by atomic mass is 16.6. The molecule has 9 nitrogen and oxygen atoms in total. The molecule has 0 spiro atoms. The van der Waals surface area contributed by atoms with Gasteiger partial charge in [0, 0.05) is 18.8 Å². The molecule has 4 rings (SSSR count). The van der Waals surface area contributed by atoms with E-state index in [2.05, 4.69) is 5.32 Å². The maximum atomic E-state index is 13.0. The standard InChI is InChI=1S/C33H39N3O6/c1-33(2,3)42-31(39)35(23-29(37)25-11-6-4-7-12-25)22-20-24-16-18-26(19-17-24)34-30(38)28-15-10-21-36(28)32(40)41-27-13-8-5-9-14-27/h4-9,11-14,16-19,28-29,37H,10,15,20-23H2,1-3H3,(H,34,38)/t28-,29-/m0/s1. The summed E-state index contributed by atoms with van der Waals surface area (Å²) in [5, 5.41) is 13.7. The van der Waals surface area contributed by atoms with Gasteiger partial charge >= 0.3 is 12.2 Å². The van der Waals surface area contributed by atoms with Crippen LogP contribution < -0.4 is 10.1 Å². The highest BCUT2D eigenvalue weighted by Crippen LogP contribution is 2.22. The number of carbonyl (C=O) groups excluding carboxylic acids is 3. The van der Waals surface area contributed by atoms with E-state index in [0.717, 1.165) is 11.1 Å². The second-order valence-electron chi connectivity index (χ2n) is 11.3. The Kier molecular flexibility index (Phi) is 10.2. The normalized spacial score (nSPS) is 15.5. The molecule has 0 bridgehead atoms. The predicted octanol–water partition coefficient (Wildman–Crippen LogP) is 5.80. The number of para-hydroxylation sites is 1. The van der Waals surface area contributed by atoms with Crippen LogP contribution in [-0.4, -0.2) is 64.3 Å². The fourth-order valence-corrected chi connectivity index (χ4v) is 4.72. The summed E-state index contributed by atoms with van der Waals surface area (Å²) in [5.74, 6) is 0.167. The van der Waals surface area contributed by atoms with Gasteiger partial charge in [0.15, 0.2) is 0 Å². The maximum Gasteiger partial charge on any atom is 0.415 e. The summed E-state index contributed by atoms with van der Waals surface area (Å²) in [6.07, 6.45) is -0.0840. The number of benzene rings is 3. The van der Waals surface area contributed by atoms with Crippen molar-refractivity contribution >= 4 is 23.8 Å². The minimum atomic E-state index is -0.851. The Morgan fingerprint density at radius 1 is 0.976 bits per heavy atom. The number of nitrogens with one attached hydrogen (secondary N) is 1. The van der Waals surface area contributed by atoms with Crippen molar-refractivity contribution in [2.45, 2.75) is 57.8 Å². The summed E-state index contributed by atoms with van der Waals surface area (Å²) in [4.78, 5) is 41.7. The van der Waals surface area contributed by atoms with Crippen molar-refractivity contribution < 1.29 is 29.0 Å². The van der Waals surface area contributed by atoms with Gasteiger partial charge in [-0.25, -0.2) is 9.59 Å². The average molecular weight is 574 g/mol. The number of likely N-dealkylation sites (tertiary alicyclic amines) is 1. The van der Waals surface area contributed by atoms with Crippen molar-refractivity contribution in [1.29, 1.82) is 0 Å². The number of hydrogen-bond acceptors (Lipinski definition) is 6. The molecule has 9 heteroatoms. The second-order valence-corrected chi connectivity index (χ2v) is 11.3. The van der Waals surface area contributed by atoms with Crippen LogP contribution in [0.3, 0.4) is 0 Å². The summed E-state index contributed by atoms with van der Waals surface area (Å²) in [6.45, 7) is 6.31. The lowest BCUT2D eigenvalue weighted by atomic mass is 10.1. The Bertz CT molecular complexity index is 1330. The van der Waals surface area contributed by atoms with Crippen molar-refractivity contribution in [3.63, 3.8) is 0 Å². The molecule has 222 valence electrons. The zero-order valence-corrected chi connectivity index (χ0v) is 24.4. The quantitative estimate of drug-likeness (QED) is 0.335. The fraction of sp³-hybridized carbons (Fsp3) is 0.364. The van der Waals surface area contributed by atoms with E-state index >= 15 is 0 Å². The van der Waals surface area contributed by atoms with Gasteiger partial charge in [-0.3, -0.25) is 9.69 Å². The number of aliphatic hydroxyl groups excluding tert-OH is 1. The van der Waals surface area contributed by atoms with E-state index in [1.54, 1.807) is 57.2 Å². The van der Waals surface area contributed by atoms with Crippen LogP contribution in [-0.2, 0) is 16.0 Å². The van der Waals surface area contributed by atoms with E-state index < -0.39 is 29.9 Å². The van der Waals surface area contributed by atoms with Crippen molar-refractivity contribution in [2.24, 2.45) is 0 Å². The van der Waals surface area contributed by atoms with Gasteiger partial charge in [0.1, 0.15) is 17.4 Å². The third-order valence-electron chi connectivity index (χ3n) is 6.86. The second kappa shape index (κ2) is 14.0. The Balaban J connectivity index is 1.34. The molecule has 1 saturated heterocycles. The number of ether oxygens (including phenoxy) is 2. The van der Waals surface area contributed by atoms with Crippen LogP contribution in [0.2, 0.25) is 0 Å². The van der Waals surface area contributed by atoms with Gasteiger partial charge in [-0.2, -0.15) is 0 Å². The van der Waals surface area contributed by atoms with Gasteiger partial charge in [-0.15, -0.1) is 0 Å². The Hall–Kier alpha value is -4.37. The van der Waals surface area contributed by atoms with Gasteiger partial charge in [0.25, 0.3) is 0 Å². The minimum absolute atomic E-state index is 0.0949. The zero-order valence-electron chi connectivity index (χ0n) is 24.4. The number of nitrogens with zero attached hydrogens (tertiary/aromatic N) is 2. The highest BCUT2D eigenvalue weighted by Gasteiger charge is 2.35. The maximum absolute atomic E-state index is 13.0. The molecule has 0 aliphatic carbocycles. The molecule has 42 heavy (non-hydrogen) atoms. The number of aliphatic hydroxyl groups is 1. The van der Waals surface area contributed by atoms with Crippen LogP contribution in [0, 0.1) is 0 Å². The van der Waals surface area contributed by atoms with Gasteiger partial charge in [-0.05, 0) is 75.4 Å². The van der Waals surface area contributed by atoms with Crippen LogP contribution in [0.4, 0.5) is 15.3 Å². The van der Waals surface area contributed by atoms with E-state index in [4.69, 9.17) is 9.47 Å². The molecular weight excluding hydrogens is 534 g/mol. The number of carbonyl (C=O) groups is 3. The first-order chi connectivity index (χ1) is 20.1. The first-order valence-corrected chi connectivity index (χ1v) is 14.2. The molecule has 3 aromatic carbocycles. The van der Waals surface area contributed by atoms with Gasteiger partial charge in [0.05, 0.1) is 12.6 Å². The van der Waals surface area contributed by atoms with Crippen LogP contribution >= 0.6 is 0 Å². The number of rotatable bonds is 9. The third kappa shape index (κ3) is 8.81. The number of amides is 3. The molecule has 1 aliphatic heterocycles. The molecule has 1 aliphatic rings. The molecule has 1 heterocycles. The molecular formula is C33H39N3O6. The molecule has 0 aromatic heterocycles. The number of hydrogen-bond donors (Lipinski definition) is 2. The summed E-state index contributed by atoms with van der Waals surface area (Å²) in [6, 6.07) is 24.7. The Morgan fingerprint density at radius 2 is 1.62 bits per heavy atom. The summed E-state index contributed by atoms with van der Waals surface area (Å²) in [7, 11) is 0. The first-order valence-electron chi connectivity index (χ1n) is 14.2. The SMILES string of the molecule is CC(C)(C)OC(=O)N(CCc1ccc(NC(=O)[C@@H]2CCCN2C(=O)Oc2ccccc2)cc1)C[C@H](O)c1ccccc1. The molecule has 1 fully saturated rings. The summed E-state index contributed by atoms with van der Waals surface area (Å²) in [5.41, 5.74) is 1.61. The summed E-state index contributed by atoms with van der Waals surface area (Å²) >= 11 is 0. The van der Waals surface area contributed by atoms with Crippen molar-refractivity contribution in [2.75, 3.05) is 25.0 Å². The minimum Gasteiger partial charge on any atom is -0.444 e. The van der Waals surface area contributed by atoms with Crippen molar-refractivity contribution in [3.05, 3.63) is 96.1 Å². The van der Waals surface area contributed by atoms with Crippen LogP contribution in [0.5, 0.6) is 5.75 Å². The van der Waals surface area contributed by atoms with Crippen LogP contribution in [0.25, 0.3) is 0 Å². The molecule has 2 atom stereocenters. The van der Waals surface area contributed by atoms with E-state index in [1.807, 2.05) is 48.5 Å². The average Bonchev–Trinajstić information content (AvgIpc) is 3.47. The lowest BCUT2D eigenvalue weighted by Crippen LogP contribution is -2.44. The van der Waals surface area contributed by atoms with E-state index in [1.165, 1.54) is 9.80 Å². The summed E-state index contributed by atoms with van der Waals surface area (Å²) < 4.78 is 11.0. The van der Waals surface area contributed by atoms with Gasteiger partial charge in [0.2, 0.25) is 5.91 Å². The first kappa shape index (κ1) is 30.6. The van der Waals surface area contributed by atoms with Crippen LogP contribution in [0.1, 0.15) is 50.8 Å². The predicted molar refractivity (Wildman–Crippen MR) is 160 cm³/mol. The molecule has 3 amide bonds. The topological polar surface area (TPSA) is 108 Å². The lowest BCUT2D eigenvalue weighted by molar-refractivity contribution is -0.119. The Labute approximate surface area is 247 Å². The highest BCUT2D eigenvalue weighted by molar-refractivity contribution is 5.97. The molecule has 0 radical (unpaired) electrons. The molecule has 0 saturated carbocycles. The van der Waals surface area contributed by atoms with E-state index in [-0.39, 0.29) is 12.5 Å². The van der Waals surface area contributed by atoms with Crippen molar-refractivity contribution in [1.82, 2.24) is 9.80 Å². The van der Waals surface area contributed by atoms with Crippen LogP contribution in [0.15, 0.2) is 84.9 Å². The zero-order chi connectivity index (χ0) is 30.1. The molecule has 0 unspecified atom stereocenters. The molecule has 3 aromatic rings. The Morgan fingerprint density at radius 3 is 2.26 bits per heavy atom. The van der Waals surface area contributed by atoms with E-state index in [9.17, 15) is 19.5 Å². The largest absolute Gasteiger partial charge is 0.444 e. The third-order valence-corrected chi connectivity index (χ3v) is 6.86. The lowest BCUT2D eigenvalue weighted by Gasteiger charge is -2.29. The smallest absolute Gasteiger partial charge is 0.415 e. The van der Waals surface area contributed by atoms with E-state index in [0.29, 0.717) is 43.8 Å². The number of anilines is 1.